The third kappa shape index (κ3) is 5.51. The molecule has 0 aliphatic rings. The van der Waals surface area contributed by atoms with Crippen molar-refractivity contribution in [3.05, 3.63) is 200 Å². The van der Waals surface area contributed by atoms with Crippen LogP contribution in [0.15, 0.2) is 200 Å². The van der Waals surface area contributed by atoms with Gasteiger partial charge in [0, 0.05) is 57.3 Å². The highest BCUT2D eigenvalue weighted by Crippen LogP contribution is 2.45. The van der Waals surface area contributed by atoms with Gasteiger partial charge in [0.25, 0.3) is 0 Å². The fourth-order valence-electron chi connectivity index (χ4n) is 8.22. The molecule has 1 nitrogen and oxygen atoms in total. The van der Waals surface area contributed by atoms with Gasteiger partial charge in [-0.1, -0.05) is 146 Å². The fourth-order valence-corrected chi connectivity index (χ4v) is 10.6. The molecule has 0 saturated heterocycles. The number of thiophene rings is 2. The SMILES string of the molecule is c1cc(-c2cccc(N(c3ccc4c(c3)sc3ccccc34)c3ccccc3-c3ccc4ccccc4c3)c2)cc(-c2cccc3c2sc2ccccc23)c1. The minimum Gasteiger partial charge on any atom is -0.310 e. The number of hydrogen-bond acceptors (Lipinski definition) is 3. The highest BCUT2D eigenvalue weighted by molar-refractivity contribution is 7.26. The third-order valence-electron chi connectivity index (χ3n) is 10.8. The zero-order chi connectivity index (χ0) is 36.3. The first-order chi connectivity index (χ1) is 27.2. The van der Waals surface area contributed by atoms with Gasteiger partial charge in [-0.15, -0.1) is 22.7 Å². The van der Waals surface area contributed by atoms with Crippen LogP contribution in [0.5, 0.6) is 0 Å². The standard InChI is InChI=1S/C52H33NS2/c1-2-13-35-30-39(27-26-34(35)12-1)42-18-3-6-23-48(42)53(41-28-29-46-44-19-4-7-24-49(44)54-51(46)33-41)40-17-10-15-37(32-40)36-14-9-16-38(31-36)43-21-11-22-47-45-20-5-8-25-50(45)55-52(43)47/h1-33H. The van der Waals surface area contributed by atoms with Crippen molar-refractivity contribution in [3.8, 4) is 33.4 Å². The molecule has 0 aliphatic heterocycles. The molecule has 11 aromatic rings. The van der Waals surface area contributed by atoms with Crippen LogP contribution in [0.4, 0.5) is 17.1 Å². The Morgan fingerprint density at radius 1 is 0.309 bits per heavy atom. The van der Waals surface area contributed by atoms with Crippen molar-refractivity contribution in [2.24, 2.45) is 0 Å². The first-order valence-electron chi connectivity index (χ1n) is 18.7. The van der Waals surface area contributed by atoms with E-state index in [1.807, 2.05) is 22.7 Å². The number of hydrogen-bond donors (Lipinski definition) is 0. The third-order valence-corrected chi connectivity index (χ3v) is 13.2. The van der Waals surface area contributed by atoms with Crippen LogP contribution in [-0.4, -0.2) is 0 Å². The Balaban J connectivity index is 1.07. The van der Waals surface area contributed by atoms with Gasteiger partial charge in [-0.05, 0) is 93.2 Å². The van der Waals surface area contributed by atoms with Gasteiger partial charge in [0.15, 0.2) is 0 Å². The Bertz CT molecular complexity index is 3240. The van der Waals surface area contributed by atoms with E-state index in [1.165, 1.54) is 84.5 Å². The van der Waals surface area contributed by atoms with Gasteiger partial charge in [-0.25, -0.2) is 0 Å². The van der Waals surface area contributed by atoms with Crippen molar-refractivity contribution in [3.63, 3.8) is 0 Å². The van der Waals surface area contributed by atoms with Crippen molar-refractivity contribution in [1.82, 2.24) is 0 Å². The molecular formula is C52H33NS2. The van der Waals surface area contributed by atoms with Gasteiger partial charge in [0.1, 0.15) is 0 Å². The highest BCUT2D eigenvalue weighted by atomic mass is 32.1. The minimum absolute atomic E-state index is 1.11. The summed E-state index contributed by atoms with van der Waals surface area (Å²) in [4.78, 5) is 2.44. The maximum atomic E-state index is 2.44. The van der Waals surface area contributed by atoms with Crippen LogP contribution in [-0.2, 0) is 0 Å². The van der Waals surface area contributed by atoms with Crippen LogP contribution >= 0.6 is 22.7 Å². The lowest BCUT2D eigenvalue weighted by Crippen LogP contribution is -2.11. The van der Waals surface area contributed by atoms with Crippen molar-refractivity contribution < 1.29 is 0 Å². The summed E-state index contributed by atoms with van der Waals surface area (Å²) < 4.78 is 5.26. The molecule has 0 atom stereocenters. The zero-order valence-electron chi connectivity index (χ0n) is 29.8. The molecule has 0 fully saturated rings. The summed E-state index contributed by atoms with van der Waals surface area (Å²) in [5.41, 5.74) is 10.7. The molecule has 0 spiro atoms. The van der Waals surface area contributed by atoms with E-state index >= 15 is 0 Å². The molecular weight excluding hydrogens is 703 g/mol. The quantitative estimate of drug-likeness (QED) is 0.164. The lowest BCUT2D eigenvalue weighted by Gasteiger charge is -2.28. The minimum atomic E-state index is 1.11. The molecule has 2 heterocycles. The molecule has 55 heavy (non-hydrogen) atoms. The molecule has 0 N–H and O–H groups in total. The molecule has 0 radical (unpaired) electrons. The molecule has 9 aromatic carbocycles. The summed E-state index contributed by atoms with van der Waals surface area (Å²) in [6.07, 6.45) is 0. The summed E-state index contributed by atoms with van der Waals surface area (Å²) in [6.45, 7) is 0. The predicted octanol–water partition coefficient (Wildman–Crippen LogP) is 16.0. The molecule has 3 heteroatoms. The highest BCUT2D eigenvalue weighted by Gasteiger charge is 2.20. The van der Waals surface area contributed by atoms with Gasteiger partial charge in [0.05, 0.1) is 5.69 Å². The topological polar surface area (TPSA) is 3.24 Å². The van der Waals surface area contributed by atoms with E-state index in [2.05, 4.69) is 205 Å². The molecule has 0 unspecified atom stereocenters. The second-order valence-corrected chi connectivity index (χ2v) is 16.2. The molecule has 0 bridgehead atoms. The van der Waals surface area contributed by atoms with E-state index in [0.29, 0.717) is 0 Å². The second kappa shape index (κ2) is 13.1. The van der Waals surface area contributed by atoms with Gasteiger partial charge in [0.2, 0.25) is 0 Å². The summed E-state index contributed by atoms with van der Waals surface area (Å²) in [7, 11) is 0. The van der Waals surface area contributed by atoms with E-state index < -0.39 is 0 Å². The van der Waals surface area contributed by atoms with E-state index in [9.17, 15) is 0 Å². The van der Waals surface area contributed by atoms with Crippen molar-refractivity contribution in [2.75, 3.05) is 4.90 Å². The maximum Gasteiger partial charge on any atom is 0.0540 e. The first kappa shape index (κ1) is 32.0. The van der Waals surface area contributed by atoms with Gasteiger partial charge in [-0.3, -0.25) is 0 Å². The Morgan fingerprint density at radius 3 is 1.80 bits per heavy atom. The van der Waals surface area contributed by atoms with Gasteiger partial charge < -0.3 is 4.90 Å². The van der Waals surface area contributed by atoms with Crippen LogP contribution < -0.4 is 4.90 Å². The van der Waals surface area contributed by atoms with Gasteiger partial charge in [-0.2, -0.15) is 0 Å². The van der Waals surface area contributed by atoms with E-state index in [-0.39, 0.29) is 0 Å². The van der Waals surface area contributed by atoms with Crippen LogP contribution in [0.3, 0.4) is 0 Å². The van der Waals surface area contributed by atoms with Crippen molar-refractivity contribution in [2.45, 2.75) is 0 Å². The van der Waals surface area contributed by atoms with E-state index in [0.717, 1.165) is 17.1 Å². The van der Waals surface area contributed by atoms with Crippen LogP contribution in [0.25, 0.3) is 84.5 Å². The lowest BCUT2D eigenvalue weighted by molar-refractivity contribution is 1.29. The number of anilines is 3. The summed E-state index contributed by atoms with van der Waals surface area (Å²) in [6, 6.07) is 73.5. The average Bonchev–Trinajstić information content (AvgIpc) is 3.82. The number of rotatable bonds is 6. The Kier molecular flexibility index (Phi) is 7.61. The van der Waals surface area contributed by atoms with Gasteiger partial charge >= 0.3 is 0 Å². The molecule has 11 rings (SSSR count). The van der Waals surface area contributed by atoms with Crippen molar-refractivity contribution in [1.29, 1.82) is 0 Å². The molecule has 0 saturated carbocycles. The largest absolute Gasteiger partial charge is 0.310 e. The van der Waals surface area contributed by atoms with Crippen LogP contribution in [0.2, 0.25) is 0 Å². The Labute approximate surface area is 327 Å². The lowest BCUT2D eigenvalue weighted by atomic mass is 9.97. The number of para-hydroxylation sites is 1. The van der Waals surface area contributed by atoms with E-state index in [4.69, 9.17) is 0 Å². The smallest absolute Gasteiger partial charge is 0.0540 e. The van der Waals surface area contributed by atoms with E-state index in [1.54, 1.807) is 0 Å². The normalized spacial score (nSPS) is 11.6. The summed E-state index contributed by atoms with van der Waals surface area (Å²) >= 11 is 3.74. The summed E-state index contributed by atoms with van der Waals surface area (Å²) in [5, 5.41) is 7.74. The number of fused-ring (bicyclic) bond motifs is 7. The molecule has 258 valence electrons. The average molecular weight is 736 g/mol. The van der Waals surface area contributed by atoms with Crippen LogP contribution in [0.1, 0.15) is 0 Å². The van der Waals surface area contributed by atoms with Crippen molar-refractivity contribution >= 4 is 90.9 Å². The maximum absolute atomic E-state index is 2.44. The van der Waals surface area contributed by atoms with Crippen LogP contribution in [0, 0.1) is 0 Å². The monoisotopic (exact) mass is 735 g/mol. The Morgan fingerprint density at radius 2 is 0.909 bits per heavy atom. The number of nitrogens with zero attached hydrogens (tertiary/aromatic N) is 1. The predicted molar refractivity (Wildman–Crippen MR) is 241 cm³/mol. The molecule has 0 amide bonds. The fraction of sp³-hybridized carbons (Fsp3) is 0. The zero-order valence-corrected chi connectivity index (χ0v) is 31.4. The molecule has 0 aliphatic carbocycles. The molecule has 2 aromatic heterocycles. The second-order valence-electron chi connectivity index (χ2n) is 14.1. The first-order valence-corrected chi connectivity index (χ1v) is 20.3. The Hall–Kier alpha value is -6.52. The summed E-state index contributed by atoms with van der Waals surface area (Å²) in [5.74, 6) is 0. The number of benzene rings is 9.